The second-order valence-electron chi connectivity index (χ2n) is 5.09. The fourth-order valence-corrected chi connectivity index (χ4v) is 2.60. The van der Waals surface area contributed by atoms with Gasteiger partial charge in [-0.25, -0.2) is 4.39 Å². The highest BCUT2D eigenvalue weighted by molar-refractivity contribution is 7.80. The predicted molar refractivity (Wildman–Crippen MR) is 93.5 cm³/mol. The van der Waals surface area contributed by atoms with Crippen LogP contribution in [0.2, 0.25) is 0 Å². The van der Waals surface area contributed by atoms with Gasteiger partial charge in [0.1, 0.15) is 5.82 Å². The van der Waals surface area contributed by atoms with E-state index in [9.17, 15) is 4.39 Å². The third-order valence-corrected chi connectivity index (χ3v) is 3.78. The Hall–Kier alpha value is -1.94. The normalized spacial score (nSPS) is 11.8. The molecule has 2 aromatic rings. The van der Waals surface area contributed by atoms with E-state index in [2.05, 4.69) is 41.8 Å². The Kier molecular flexibility index (Phi) is 5.90. The van der Waals surface area contributed by atoms with Gasteiger partial charge in [-0.3, -0.25) is 0 Å². The van der Waals surface area contributed by atoms with Crippen LogP contribution >= 0.6 is 12.2 Å². The molecule has 2 rings (SSSR count). The minimum absolute atomic E-state index is 0.173. The zero-order valence-electron chi connectivity index (χ0n) is 12.9. The molecule has 2 N–H and O–H groups in total. The third kappa shape index (κ3) is 4.28. The van der Waals surface area contributed by atoms with Gasteiger partial charge >= 0.3 is 0 Å². The van der Waals surface area contributed by atoms with Crippen molar-refractivity contribution in [3.8, 4) is 0 Å². The summed E-state index contributed by atoms with van der Waals surface area (Å²) >= 11 is 5.29. The molecule has 0 saturated carbocycles. The fourth-order valence-electron chi connectivity index (χ4n) is 2.33. The van der Waals surface area contributed by atoms with E-state index in [1.165, 1.54) is 11.6 Å². The molecule has 0 spiro atoms. The van der Waals surface area contributed by atoms with E-state index in [1.54, 1.807) is 12.1 Å². The van der Waals surface area contributed by atoms with E-state index in [-0.39, 0.29) is 11.9 Å². The molecule has 2 aromatic carbocycles. The second kappa shape index (κ2) is 7.90. The molecule has 4 heteroatoms. The molecular weight excluding hydrogens is 295 g/mol. The summed E-state index contributed by atoms with van der Waals surface area (Å²) in [5.41, 5.74) is 3.18. The van der Waals surface area contributed by atoms with Crippen molar-refractivity contribution in [1.29, 1.82) is 0 Å². The average molecular weight is 316 g/mol. The van der Waals surface area contributed by atoms with Crippen molar-refractivity contribution < 1.29 is 4.39 Å². The predicted octanol–water partition coefficient (Wildman–Crippen LogP) is 3.96. The minimum atomic E-state index is -0.246. The fraction of sp³-hybridized carbons (Fsp3) is 0.278. The number of rotatable bonds is 5. The zero-order chi connectivity index (χ0) is 15.9. The molecule has 0 heterocycles. The van der Waals surface area contributed by atoms with Gasteiger partial charge in [-0.15, -0.1) is 0 Å². The molecule has 22 heavy (non-hydrogen) atoms. The van der Waals surface area contributed by atoms with Crippen LogP contribution in [0.3, 0.4) is 0 Å². The Bertz CT molecular complexity index is 625. The number of aryl methyl sites for hydroxylation is 1. The van der Waals surface area contributed by atoms with Crippen LogP contribution in [0.1, 0.15) is 36.6 Å². The van der Waals surface area contributed by atoms with Crippen LogP contribution in [0.5, 0.6) is 0 Å². The van der Waals surface area contributed by atoms with Gasteiger partial charge in [-0.2, -0.15) is 0 Å². The van der Waals surface area contributed by atoms with Crippen molar-refractivity contribution in [1.82, 2.24) is 10.6 Å². The molecule has 0 fully saturated rings. The lowest BCUT2D eigenvalue weighted by atomic mass is 9.97. The summed E-state index contributed by atoms with van der Waals surface area (Å²) in [4.78, 5) is 0. The molecule has 1 atom stereocenters. The van der Waals surface area contributed by atoms with Gasteiger partial charge in [-0.05, 0) is 54.4 Å². The largest absolute Gasteiger partial charge is 0.363 e. The molecule has 0 amide bonds. The van der Waals surface area contributed by atoms with Gasteiger partial charge in [-0.1, -0.05) is 43.3 Å². The van der Waals surface area contributed by atoms with Crippen LogP contribution < -0.4 is 10.6 Å². The second-order valence-corrected chi connectivity index (χ2v) is 5.50. The molecule has 0 radical (unpaired) electrons. The summed E-state index contributed by atoms with van der Waals surface area (Å²) < 4.78 is 13.6. The molecule has 0 bridgehead atoms. The average Bonchev–Trinajstić information content (AvgIpc) is 2.53. The smallest absolute Gasteiger partial charge is 0.167 e. The van der Waals surface area contributed by atoms with E-state index in [4.69, 9.17) is 12.2 Å². The van der Waals surface area contributed by atoms with Crippen molar-refractivity contribution in [3.63, 3.8) is 0 Å². The molecule has 0 aliphatic carbocycles. The molecule has 0 aromatic heterocycles. The van der Waals surface area contributed by atoms with Gasteiger partial charge in [0.2, 0.25) is 0 Å². The van der Waals surface area contributed by atoms with Crippen LogP contribution in [0.4, 0.5) is 4.39 Å². The van der Waals surface area contributed by atoms with E-state index < -0.39 is 0 Å². The molecule has 2 nitrogen and oxygen atoms in total. The van der Waals surface area contributed by atoms with Gasteiger partial charge in [0.15, 0.2) is 5.11 Å². The van der Waals surface area contributed by atoms with Crippen molar-refractivity contribution >= 4 is 17.3 Å². The number of nitrogens with one attached hydrogen (secondary N) is 2. The van der Waals surface area contributed by atoms with Crippen molar-refractivity contribution in [2.45, 2.75) is 26.3 Å². The first-order valence-corrected chi connectivity index (χ1v) is 7.93. The Morgan fingerprint density at radius 3 is 2.41 bits per heavy atom. The maximum Gasteiger partial charge on any atom is 0.167 e. The van der Waals surface area contributed by atoms with Crippen LogP contribution in [0, 0.1) is 5.82 Å². The first-order chi connectivity index (χ1) is 10.6. The highest BCUT2D eigenvalue weighted by atomic mass is 32.1. The van der Waals surface area contributed by atoms with Crippen molar-refractivity contribution in [3.05, 3.63) is 71.0 Å². The lowest BCUT2D eigenvalue weighted by molar-refractivity contribution is 0.620. The SMILES string of the molecule is CCNC(=S)N[C@H](c1ccc(CC)cc1)c1cccc(F)c1. The monoisotopic (exact) mass is 316 g/mol. The van der Waals surface area contributed by atoms with Crippen LogP contribution in [0.15, 0.2) is 48.5 Å². The quantitative estimate of drug-likeness (QED) is 0.817. The Balaban J connectivity index is 2.33. The van der Waals surface area contributed by atoms with Gasteiger partial charge in [0.05, 0.1) is 6.04 Å². The summed E-state index contributed by atoms with van der Waals surface area (Å²) in [7, 11) is 0. The Labute approximate surface area is 136 Å². The number of thiocarbonyl (C=S) groups is 1. The van der Waals surface area contributed by atoms with E-state index in [0.717, 1.165) is 24.1 Å². The van der Waals surface area contributed by atoms with Gasteiger partial charge in [0, 0.05) is 6.54 Å². The number of hydrogen-bond donors (Lipinski definition) is 2. The molecular formula is C18H21FN2S. The summed E-state index contributed by atoms with van der Waals surface area (Å²) in [6, 6.07) is 14.8. The summed E-state index contributed by atoms with van der Waals surface area (Å²) in [5, 5.41) is 6.91. The highest BCUT2D eigenvalue weighted by Gasteiger charge is 2.15. The summed E-state index contributed by atoms with van der Waals surface area (Å²) in [6.45, 7) is 4.86. The lowest BCUT2D eigenvalue weighted by Crippen LogP contribution is -2.38. The van der Waals surface area contributed by atoms with E-state index in [0.29, 0.717) is 5.11 Å². The first-order valence-electron chi connectivity index (χ1n) is 7.52. The Morgan fingerprint density at radius 1 is 1.09 bits per heavy atom. The summed E-state index contributed by atoms with van der Waals surface area (Å²) in [5.74, 6) is -0.246. The van der Waals surface area contributed by atoms with Gasteiger partial charge in [0.25, 0.3) is 0 Å². The molecule has 0 unspecified atom stereocenters. The zero-order valence-corrected chi connectivity index (χ0v) is 13.7. The maximum atomic E-state index is 13.6. The number of benzene rings is 2. The molecule has 116 valence electrons. The molecule has 0 saturated heterocycles. The van der Waals surface area contributed by atoms with E-state index >= 15 is 0 Å². The summed E-state index contributed by atoms with van der Waals surface area (Å²) in [6.07, 6.45) is 0.994. The van der Waals surface area contributed by atoms with Crippen LogP contribution in [-0.4, -0.2) is 11.7 Å². The topological polar surface area (TPSA) is 24.1 Å². The van der Waals surface area contributed by atoms with Gasteiger partial charge < -0.3 is 10.6 Å². The Morgan fingerprint density at radius 2 is 1.82 bits per heavy atom. The van der Waals surface area contributed by atoms with Crippen molar-refractivity contribution in [2.24, 2.45) is 0 Å². The standard InChI is InChI=1S/C18H21FN2S/c1-3-13-8-10-14(11-9-13)17(21-18(22)20-4-2)15-6-5-7-16(19)12-15/h5-12,17H,3-4H2,1-2H3,(H2,20,21,22)/t17-/m1/s1. The van der Waals surface area contributed by atoms with Crippen LogP contribution in [0.25, 0.3) is 0 Å². The van der Waals surface area contributed by atoms with Crippen LogP contribution in [-0.2, 0) is 6.42 Å². The maximum absolute atomic E-state index is 13.6. The first kappa shape index (κ1) is 16.4. The number of halogens is 1. The third-order valence-electron chi connectivity index (χ3n) is 3.52. The lowest BCUT2D eigenvalue weighted by Gasteiger charge is -2.22. The molecule has 0 aliphatic heterocycles. The highest BCUT2D eigenvalue weighted by Crippen LogP contribution is 2.23. The molecule has 0 aliphatic rings. The minimum Gasteiger partial charge on any atom is -0.363 e. The van der Waals surface area contributed by atoms with Crippen molar-refractivity contribution in [2.75, 3.05) is 6.54 Å². The van der Waals surface area contributed by atoms with E-state index in [1.807, 2.05) is 13.0 Å². The number of hydrogen-bond acceptors (Lipinski definition) is 1.